The molecule has 0 aliphatic heterocycles. The molecule has 1 aliphatic carbocycles. The Labute approximate surface area is 188 Å². The molecule has 2 aromatic heterocycles. The Balaban J connectivity index is 1.78. The molecule has 0 amide bonds. The van der Waals surface area contributed by atoms with E-state index in [9.17, 15) is 13.2 Å². The number of aromatic nitrogens is 3. The molecule has 0 atom stereocenters. The number of carbonyl (C=O) groups excluding carboxylic acids is 1. The van der Waals surface area contributed by atoms with Gasteiger partial charge in [-0.3, -0.25) is 4.40 Å². The third-order valence-corrected chi connectivity index (χ3v) is 8.00. The van der Waals surface area contributed by atoms with Crippen molar-refractivity contribution >= 4 is 37.6 Å². The van der Waals surface area contributed by atoms with Crippen molar-refractivity contribution in [3.63, 3.8) is 0 Å². The monoisotopic (exact) mass is 508 g/mol. The molecule has 31 heavy (non-hydrogen) atoms. The zero-order valence-electron chi connectivity index (χ0n) is 17.2. The first-order valence-corrected chi connectivity index (χ1v) is 11.7. The van der Waals surface area contributed by atoms with Crippen LogP contribution in [-0.4, -0.2) is 53.0 Å². The maximum absolute atomic E-state index is 13.7. The molecule has 11 heteroatoms. The van der Waals surface area contributed by atoms with Gasteiger partial charge in [0, 0.05) is 18.3 Å². The molecule has 3 aromatic rings. The Morgan fingerprint density at radius 2 is 1.90 bits per heavy atom. The predicted molar refractivity (Wildman–Crippen MR) is 115 cm³/mol. The molecular formula is C20H21BrN4O5S. The van der Waals surface area contributed by atoms with Crippen molar-refractivity contribution in [1.29, 1.82) is 0 Å². The molecule has 1 aromatic carbocycles. The second-order valence-corrected chi connectivity index (χ2v) is 10.3. The molecule has 164 valence electrons. The van der Waals surface area contributed by atoms with Crippen molar-refractivity contribution in [3.8, 4) is 5.75 Å². The fourth-order valence-electron chi connectivity index (χ4n) is 3.32. The second kappa shape index (κ2) is 7.88. The summed E-state index contributed by atoms with van der Waals surface area (Å²) < 4.78 is 40.6. The van der Waals surface area contributed by atoms with Crippen LogP contribution in [0.4, 0.5) is 0 Å². The largest absolute Gasteiger partial charge is 0.497 e. The van der Waals surface area contributed by atoms with Crippen molar-refractivity contribution in [2.75, 3.05) is 14.2 Å². The van der Waals surface area contributed by atoms with Gasteiger partial charge in [-0.2, -0.15) is 4.31 Å². The number of hydrogen-bond donors (Lipinski definition) is 0. The zero-order chi connectivity index (χ0) is 22.4. The Bertz CT molecular complexity index is 1250. The number of hydrogen-bond acceptors (Lipinski definition) is 7. The smallest absolute Gasteiger partial charge is 0.376 e. The van der Waals surface area contributed by atoms with Crippen LogP contribution in [0, 0.1) is 0 Å². The topological polar surface area (TPSA) is 103 Å². The summed E-state index contributed by atoms with van der Waals surface area (Å²) in [4.78, 5) is 12.1. The molecule has 4 rings (SSSR count). The highest BCUT2D eigenvalue weighted by atomic mass is 79.9. The molecule has 1 saturated carbocycles. The number of rotatable bonds is 7. The molecule has 0 unspecified atom stereocenters. The third kappa shape index (κ3) is 3.92. The molecule has 0 bridgehead atoms. The first-order valence-electron chi connectivity index (χ1n) is 9.48. The molecule has 0 radical (unpaired) electrons. The van der Waals surface area contributed by atoms with E-state index in [0.717, 1.165) is 18.4 Å². The number of pyridine rings is 1. The van der Waals surface area contributed by atoms with E-state index >= 15 is 0 Å². The van der Waals surface area contributed by atoms with E-state index in [2.05, 4.69) is 26.1 Å². The Morgan fingerprint density at radius 3 is 2.48 bits per heavy atom. The number of methoxy groups -OCH3 is 2. The second-order valence-electron chi connectivity index (χ2n) is 7.59. The highest BCUT2D eigenvalue weighted by Crippen LogP contribution is 2.45. The third-order valence-electron chi connectivity index (χ3n) is 5.45. The summed E-state index contributed by atoms with van der Waals surface area (Å²) in [5.41, 5.74) is 0.689. The lowest BCUT2D eigenvalue weighted by Gasteiger charge is -2.28. The van der Waals surface area contributed by atoms with E-state index in [1.165, 1.54) is 28.1 Å². The number of carbonyl (C=O) groups is 1. The summed E-state index contributed by atoms with van der Waals surface area (Å²) >= 11 is 3.35. The Kier molecular flexibility index (Phi) is 5.52. The molecule has 0 N–H and O–H groups in total. The summed E-state index contributed by atoms with van der Waals surface area (Å²) in [5.74, 6) is -0.110. The molecule has 0 spiro atoms. The highest BCUT2D eigenvalue weighted by molar-refractivity contribution is 9.10. The number of nitrogens with zero attached hydrogens (tertiary/aromatic N) is 4. The quantitative estimate of drug-likeness (QED) is 0.451. The van der Waals surface area contributed by atoms with Gasteiger partial charge in [0.05, 0.1) is 18.7 Å². The average molecular weight is 509 g/mol. The maximum atomic E-state index is 13.7. The van der Waals surface area contributed by atoms with Gasteiger partial charge >= 0.3 is 5.97 Å². The average Bonchev–Trinajstić information content (AvgIpc) is 3.35. The van der Waals surface area contributed by atoms with E-state index in [4.69, 9.17) is 9.47 Å². The van der Waals surface area contributed by atoms with Crippen molar-refractivity contribution in [2.45, 2.75) is 36.7 Å². The lowest BCUT2D eigenvalue weighted by molar-refractivity contribution is 0.0585. The van der Waals surface area contributed by atoms with Crippen LogP contribution in [0.2, 0.25) is 0 Å². The minimum atomic E-state index is -3.91. The van der Waals surface area contributed by atoms with Crippen LogP contribution in [-0.2, 0) is 21.3 Å². The van der Waals surface area contributed by atoms with Gasteiger partial charge in [0.2, 0.25) is 15.8 Å². The molecule has 1 fully saturated rings. The molecule has 1 aliphatic rings. The standard InChI is InChI=1S/C20H21BrN4O5S/c1-20(8-9-20)25(11-13-4-6-14(29-2)7-5-13)31(27,28)15-10-16(21)17-22-23-18(19(26)30-3)24(17)12-15/h4-7,10,12H,8-9,11H2,1-3H3. The minimum absolute atomic E-state index is 0.0264. The van der Waals surface area contributed by atoms with Crippen molar-refractivity contribution in [1.82, 2.24) is 18.9 Å². The predicted octanol–water partition coefficient (Wildman–Crippen LogP) is 3.03. The number of halogens is 1. The van der Waals surface area contributed by atoms with Crippen LogP contribution in [0.3, 0.4) is 0 Å². The van der Waals surface area contributed by atoms with Crippen LogP contribution in [0.15, 0.2) is 45.9 Å². The fraction of sp³-hybridized carbons (Fsp3) is 0.350. The number of fused-ring (bicyclic) bond motifs is 1. The zero-order valence-corrected chi connectivity index (χ0v) is 19.6. The molecule has 0 saturated heterocycles. The Morgan fingerprint density at radius 1 is 1.23 bits per heavy atom. The summed E-state index contributed by atoms with van der Waals surface area (Å²) in [6, 6.07) is 8.78. The van der Waals surface area contributed by atoms with Crippen molar-refractivity contribution < 1.29 is 22.7 Å². The van der Waals surface area contributed by atoms with Gasteiger partial charge in [0.1, 0.15) is 10.6 Å². The molecule has 2 heterocycles. The SMILES string of the molecule is COC(=O)c1nnc2c(Br)cc(S(=O)(=O)N(Cc3ccc(OC)cc3)C3(C)CC3)cn12. The van der Waals surface area contributed by atoms with Crippen LogP contribution in [0.25, 0.3) is 5.65 Å². The van der Waals surface area contributed by atoms with Crippen LogP contribution < -0.4 is 4.74 Å². The van der Waals surface area contributed by atoms with Gasteiger partial charge < -0.3 is 9.47 Å². The summed E-state index contributed by atoms with van der Waals surface area (Å²) in [7, 11) is -1.10. The van der Waals surface area contributed by atoms with E-state index in [0.29, 0.717) is 15.9 Å². The van der Waals surface area contributed by atoms with Gasteiger partial charge in [-0.05, 0) is 59.5 Å². The number of sulfonamides is 1. The summed E-state index contributed by atoms with van der Waals surface area (Å²) in [6.45, 7) is 2.14. The van der Waals surface area contributed by atoms with Gasteiger partial charge in [-0.1, -0.05) is 12.1 Å². The lowest BCUT2D eigenvalue weighted by Crippen LogP contribution is -2.39. The maximum Gasteiger partial charge on any atom is 0.376 e. The van der Waals surface area contributed by atoms with E-state index < -0.39 is 21.5 Å². The van der Waals surface area contributed by atoms with Crippen LogP contribution >= 0.6 is 15.9 Å². The summed E-state index contributed by atoms with van der Waals surface area (Å²) in [6.07, 6.45) is 2.89. The highest BCUT2D eigenvalue weighted by Gasteiger charge is 2.49. The fourth-order valence-corrected chi connectivity index (χ4v) is 5.83. The molecular weight excluding hydrogens is 488 g/mol. The first kappa shape index (κ1) is 21.7. The van der Waals surface area contributed by atoms with Gasteiger partial charge in [0.15, 0.2) is 5.65 Å². The van der Waals surface area contributed by atoms with Gasteiger partial charge in [0.25, 0.3) is 0 Å². The Hall–Kier alpha value is -2.50. The van der Waals surface area contributed by atoms with E-state index in [1.54, 1.807) is 19.2 Å². The summed E-state index contributed by atoms with van der Waals surface area (Å²) in [5, 5.41) is 7.77. The normalized spacial score (nSPS) is 15.3. The van der Waals surface area contributed by atoms with Crippen molar-refractivity contribution in [2.24, 2.45) is 0 Å². The van der Waals surface area contributed by atoms with Crippen LogP contribution in [0.5, 0.6) is 5.75 Å². The number of benzene rings is 1. The number of ether oxygens (including phenoxy) is 2. The number of esters is 1. The van der Waals surface area contributed by atoms with Crippen LogP contribution in [0.1, 0.15) is 35.9 Å². The van der Waals surface area contributed by atoms with E-state index in [1.807, 2.05) is 19.1 Å². The van der Waals surface area contributed by atoms with Crippen molar-refractivity contribution in [3.05, 3.63) is 52.4 Å². The minimum Gasteiger partial charge on any atom is -0.497 e. The van der Waals surface area contributed by atoms with Gasteiger partial charge in [-0.25, -0.2) is 13.2 Å². The van der Waals surface area contributed by atoms with Gasteiger partial charge in [-0.15, -0.1) is 10.2 Å². The lowest BCUT2D eigenvalue weighted by atomic mass is 10.2. The van der Waals surface area contributed by atoms with E-state index in [-0.39, 0.29) is 17.3 Å². The molecule has 9 nitrogen and oxygen atoms in total. The first-order chi connectivity index (χ1) is 14.7.